The quantitative estimate of drug-likeness (QED) is 0.768. The molecule has 0 radical (unpaired) electrons. The third-order valence-electron chi connectivity index (χ3n) is 3.79. The predicted molar refractivity (Wildman–Crippen MR) is 79.8 cm³/mol. The molecule has 0 aliphatic carbocycles. The number of nitrogens with two attached hydrogens (primary N) is 2. The van der Waals surface area contributed by atoms with Crippen LogP contribution in [-0.2, 0) is 0 Å². The van der Waals surface area contributed by atoms with Crippen molar-refractivity contribution < 1.29 is 0 Å². The highest BCUT2D eigenvalue weighted by molar-refractivity contribution is 8.93. The molecule has 0 saturated heterocycles. The molecular weight excluding hydrogens is 320 g/mol. The van der Waals surface area contributed by atoms with Crippen molar-refractivity contribution in [2.45, 2.75) is 54.1 Å². The summed E-state index contributed by atoms with van der Waals surface area (Å²) in [5.41, 5.74) is 11.8. The van der Waals surface area contributed by atoms with Crippen LogP contribution in [0.1, 0.15) is 48.0 Å². The van der Waals surface area contributed by atoms with Crippen molar-refractivity contribution in [3.8, 4) is 0 Å². The molecule has 0 bridgehead atoms. The summed E-state index contributed by atoms with van der Waals surface area (Å²) in [4.78, 5) is 0. The van der Waals surface area contributed by atoms with E-state index in [2.05, 4.69) is 41.5 Å². The van der Waals surface area contributed by atoms with Gasteiger partial charge < -0.3 is 11.5 Å². The second kappa shape index (κ2) is 7.25. The maximum atomic E-state index is 5.61. The fourth-order valence-electron chi connectivity index (χ4n) is 1.44. The molecule has 4 N–H and O–H groups in total. The van der Waals surface area contributed by atoms with Crippen molar-refractivity contribution in [1.29, 1.82) is 0 Å². The van der Waals surface area contributed by atoms with Crippen LogP contribution in [0.15, 0.2) is 0 Å². The molecule has 4 heteroatoms. The van der Waals surface area contributed by atoms with E-state index in [-0.39, 0.29) is 45.5 Å². The summed E-state index contributed by atoms with van der Waals surface area (Å²) in [6.45, 7) is 13.6. The number of rotatable bonds is 3. The lowest BCUT2D eigenvalue weighted by molar-refractivity contribution is 0.0559. The monoisotopic (exact) mass is 346 g/mol. The van der Waals surface area contributed by atoms with E-state index in [0.29, 0.717) is 11.3 Å². The van der Waals surface area contributed by atoms with Crippen molar-refractivity contribution in [2.24, 2.45) is 28.2 Å². The number of hydrogen-bond acceptors (Lipinski definition) is 2. The van der Waals surface area contributed by atoms with E-state index in [1.54, 1.807) is 0 Å². The molecule has 0 aliphatic heterocycles. The first-order chi connectivity index (χ1) is 5.59. The Balaban J connectivity index is -0.000000720. The van der Waals surface area contributed by atoms with Crippen molar-refractivity contribution in [1.82, 2.24) is 0 Å². The third-order valence-corrected chi connectivity index (χ3v) is 3.79. The van der Waals surface area contributed by atoms with E-state index in [0.717, 1.165) is 6.42 Å². The molecule has 15 heavy (non-hydrogen) atoms. The van der Waals surface area contributed by atoms with Crippen molar-refractivity contribution in [2.75, 3.05) is 0 Å². The summed E-state index contributed by atoms with van der Waals surface area (Å²) >= 11 is 0. The van der Waals surface area contributed by atoms with Crippen LogP contribution >= 0.6 is 34.0 Å². The number of hydrogen-bond donors (Lipinski definition) is 2. The number of halogens is 2. The zero-order valence-corrected chi connectivity index (χ0v) is 14.3. The minimum atomic E-state index is -0.184. The van der Waals surface area contributed by atoms with Crippen LogP contribution < -0.4 is 11.5 Å². The van der Waals surface area contributed by atoms with Crippen LogP contribution in [-0.4, -0.2) is 6.17 Å². The smallest absolute Gasteiger partial charge is 0.0523 e. The molecule has 0 aliphatic rings. The van der Waals surface area contributed by atoms with Crippen molar-refractivity contribution in [3.63, 3.8) is 0 Å². The summed E-state index contributed by atoms with van der Waals surface area (Å²) in [5, 5.41) is 0. The third kappa shape index (κ3) is 6.25. The SMILES string of the molecule is Br.Br.CC(CC(N)N)C(C)(C)C(C)(C)C. The largest absolute Gasteiger partial charge is 0.316 e. The zero-order valence-electron chi connectivity index (χ0n) is 10.8. The van der Waals surface area contributed by atoms with Gasteiger partial charge in [-0.2, -0.15) is 0 Å². The highest BCUT2D eigenvalue weighted by atomic mass is 79.9. The molecule has 96 valence electrons. The fraction of sp³-hybridized carbons (Fsp3) is 1.00. The summed E-state index contributed by atoms with van der Waals surface area (Å²) in [7, 11) is 0. The molecule has 1 unspecified atom stereocenters. The van der Waals surface area contributed by atoms with E-state index in [9.17, 15) is 0 Å². The highest BCUT2D eigenvalue weighted by Crippen LogP contribution is 2.45. The predicted octanol–water partition coefficient (Wildman–Crippen LogP) is 3.48. The van der Waals surface area contributed by atoms with Gasteiger partial charge in [0, 0.05) is 0 Å². The van der Waals surface area contributed by atoms with Crippen LogP contribution in [0.5, 0.6) is 0 Å². The van der Waals surface area contributed by atoms with Gasteiger partial charge in [0.25, 0.3) is 0 Å². The van der Waals surface area contributed by atoms with Crippen LogP contribution in [0.2, 0.25) is 0 Å². The highest BCUT2D eigenvalue weighted by Gasteiger charge is 2.37. The van der Waals surface area contributed by atoms with E-state index >= 15 is 0 Å². The minimum Gasteiger partial charge on any atom is -0.316 e. The summed E-state index contributed by atoms with van der Waals surface area (Å²) in [6.07, 6.45) is 0.709. The molecular formula is C11H28Br2N2. The molecule has 0 rings (SSSR count). The Labute approximate surface area is 116 Å². The normalized spacial score (nSPS) is 14.2. The average Bonchev–Trinajstić information content (AvgIpc) is 1.82. The summed E-state index contributed by atoms with van der Waals surface area (Å²) < 4.78 is 0. The lowest BCUT2D eigenvalue weighted by atomic mass is 9.62. The van der Waals surface area contributed by atoms with Crippen LogP contribution in [0.25, 0.3) is 0 Å². The van der Waals surface area contributed by atoms with E-state index in [1.165, 1.54) is 0 Å². The average molecular weight is 348 g/mol. The van der Waals surface area contributed by atoms with Gasteiger partial charge in [-0.25, -0.2) is 0 Å². The van der Waals surface area contributed by atoms with Gasteiger partial charge in [-0.1, -0.05) is 41.5 Å². The van der Waals surface area contributed by atoms with Gasteiger partial charge in [0.15, 0.2) is 0 Å². The first-order valence-corrected chi connectivity index (χ1v) is 5.10. The molecule has 0 spiro atoms. The van der Waals surface area contributed by atoms with Gasteiger partial charge in [-0.3, -0.25) is 0 Å². The standard InChI is InChI=1S/C11H26N2.2BrH/c1-8(7-9(12)13)11(5,6)10(2,3)4;;/h8-9H,7,12-13H2,1-6H3;2*1H. The van der Waals surface area contributed by atoms with Gasteiger partial charge in [-0.05, 0) is 23.2 Å². The Morgan fingerprint density at radius 2 is 1.27 bits per heavy atom. The maximum absolute atomic E-state index is 5.61. The lowest BCUT2D eigenvalue weighted by Crippen LogP contribution is -2.41. The topological polar surface area (TPSA) is 52.0 Å². The van der Waals surface area contributed by atoms with Gasteiger partial charge in [0.1, 0.15) is 0 Å². The first-order valence-electron chi connectivity index (χ1n) is 5.10. The summed E-state index contributed by atoms with van der Waals surface area (Å²) in [5.74, 6) is 0.549. The lowest BCUT2D eigenvalue weighted by Gasteiger charge is -2.44. The molecule has 0 heterocycles. The molecule has 0 aromatic heterocycles. The van der Waals surface area contributed by atoms with Crippen LogP contribution in [0.3, 0.4) is 0 Å². The molecule has 0 amide bonds. The van der Waals surface area contributed by atoms with Gasteiger partial charge in [0.05, 0.1) is 6.17 Å². The van der Waals surface area contributed by atoms with Crippen molar-refractivity contribution in [3.05, 3.63) is 0 Å². The van der Waals surface area contributed by atoms with Gasteiger partial charge in [0.2, 0.25) is 0 Å². The molecule has 0 aromatic carbocycles. The molecule has 0 aromatic rings. The second-order valence-corrected chi connectivity index (χ2v) is 5.77. The van der Waals surface area contributed by atoms with Crippen LogP contribution in [0, 0.1) is 16.7 Å². The zero-order chi connectivity index (χ0) is 10.9. The minimum absolute atomic E-state index is 0. The summed E-state index contributed by atoms with van der Waals surface area (Å²) in [6, 6.07) is 0. The second-order valence-electron chi connectivity index (χ2n) is 5.77. The molecule has 0 saturated carbocycles. The molecule has 1 atom stereocenters. The van der Waals surface area contributed by atoms with Gasteiger partial charge in [-0.15, -0.1) is 34.0 Å². The Hall–Kier alpha value is 0.880. The molecule has 0 fully saturated rings. The van der Waals surface area contributed by atoms with Crippen LogP contribution in [0.4, 0.5) is 0 Å². The van der Waals surface area contributed by atoms with E-state index < -0.39 is 0 Å². The van der Waals surface area contributed by atoms with Gasteiger partial charge >= 0.3 is 0 Å². The Kier molecular flexibility index (Phi) is 10.2. The van der Waals surface area contributed by atoms with E-state index in [4.69, 9.17) is 11.5 Å². The fourth-order valence-corrected chi connectivity index (χ4v) is 1.44. The molecule has 2 nitrogen and oxygen atoms in total. The Bertz CT molecular complexity index is 162. The van der Waals surface area contributed by atoms with E-state index in [1.807, 2.05) is 0 Å². The Morgan fingerprint density at radius 3 is 1.47 bits per heavy atom. The van der Waals surface area contributed by atoms with Crippen molar-refractivity contribution >= 4 is 34.0 Å². The first kappa shape index (κ1) is 21.2. The Morgan fingerprint density at radius 1 is 0.933 bits per heavy atom. The maximum Gasteiger partial charge on any atom is 0.0523 e.